The lowest BCUT2D eigenvalue weighted by Gasteiger charge is -2.10. The Balaban J connectivity index is 2.26. The molecule has 2 aromatic rings. The number of hydrogen-bond donors (Lipinski definition) is 3. The minimum absolute atomic E-state index is 0.0954. The predicted molar refractivity (Wildman–Crippen MR) is 71.1 cm³/mol. The molecule has 2 aromatic carbocycles. The molecule has 98 valence electrons. The van der Waals surface area contributed by atoms with E-state index in [0.29, 0.717) is 11.3 Å². The Labute approximate surface area is 109 Å². The highest BCUT2D eigenvalue weighted by atomic mass is 19.1. The number of anilines is 2. The summed E-state index contributed by atoms with van der Waals surface area (Å²) in [7, 11) is 0. The molecule has 0 aromatic heterocycles. The van der Waals surface area contributed by atoms with Crippen molar-refractivity contribution in [1.29, 1.82) is 0 Å². The number of nitrogens with two attached hydrogens (primary N) is 1. The summed E-state index contributed by atoms with van der Waals surface area (Å²) in [5.74, 6) is -1.27. The van der Waals surface area contributed by atoms with Crippen LogP contribution in [0.15, 0.2) is 42.5 Å². The van der Waals surface area contributed by atoms with Gasteiger partial charge in [0.1, 0.15) is 5.82 Å². The van der Waals surface area contributed by atoms with Gasteiger partial charge in [0.25, 0.3) is 5.91 Å². The third-order valence-electron chi connectivity index (χ3n) is 2.67. The Hall–Kier alpha value is -2.40. The molecule has 0 fully saturated rings. The average molecular weight is 260 g/mol. The second-order valence-corrected chi connectivity index (χ2v) is 4.01. The zero-order chi connectivity index (χ0) is 13.8. The second-order valence-electron chi connectivity index (χ2n) is 4.01. The van der Waals surface area contributed by atoms with E-state index in [-0.39, 0.29) is 17.9 Å². The van der Waals surface area contributed by atoms with Crippen molar-refractivity contribution in [3.63, 3.8) is 0 Å². The van der Waals surface area contributed by atoms with Crippen LogP contribution in [0.1, 0.15) is 15.9 Å². The van der Waals surface area contributed by atoms with Gasteiger partial charge < -0.3 is 16.2 Å². The Morgan fingerprint density at radius 2 is 2.00 bits per heavy atom. The number of aliphatic hydroxyl groups excluding tert-OH is 1. The SMILES string of the molecule is Nc1ccc(C(=O)Nc2ccccc2CO)c(F)c1. The van der Waals surface area contributed by atoms with Gasteiger partial charge in [-0.2, -0.15) is 0 Å². The standard InChI is InChI=1S/C14H13FN2O2/c15-12-7-10(16)5-6-11(12)14(19)17-13-4-2-1-3-9(13)8-18/h1-7,18H,8,16H2,(H,17,19). The van der Waals surface area contributed by atoms with Crippen LogP contribution in [0, 0.1) is 5.82 Å². The van der Waals surface area contributed by atoms with Gasteiger partial charge in [-0.25, -0.2) is 4.39 Å². The number of carbonyl (C=O) groups excluding carboxylic acids is 1. The number of carbonyl (C=O) groups is 1. The van der Waals surface area contributed by atoms with E-state index in [4.69, 9.17) is 10.8 Å². The lowest BCUT2D eigenvalue weighted by Crippen LogP contribution is -2.15. The molecular weight excluding hydrogens is 247 g/mol. The van der Waals surface area contributed by atoms with Crippen molar-refractivity contribution in [2.45, 2.75) is 6.61 Å². The summed E-state index contributed by atoms with van der Waals surface area (Å²) in [6.45, 7) is -0.208. The fourth-order valence-electron chi connectivity index (χ4n) is 1.69. The molecule has 0 heterocycles. The van der Waals surface area contributed by atoms with Gasteiger partial charge in [0, 0.05) is 16.9 Å². The van der Waals surface area contributed by atoms with Crippen molar-refractivity contribution in [3.05, 3.63) is 59.4 Å². The second kappa shape index (κ2) is 5.49. The van der Waals surface area contributed by atoms with Gasteiger partial charge in [-0.1, -0.05) is 18.2 Å². The summed E-state index contributed by atoms with van der Waals surface area (Å²) >= 11 is 0. The number of halogens is 1. The molecule has 19 heavy (non-hydrogen) atoms. The van der Waals surface area contributed by atoms with Crippen molar-refractivity contribution in [2.75, 3.05) is 11.1 Å². The van der Waals surface area contributed by atoms with Gasteiger partial charge in [-0.05, 0) is 24.3 Å². The summed E-state index contributed by atoms with van der Waals surface area (Å²) in [5.41, 5.74) is 6.59. The summed E-state index contributed by atoms with van der Waals surface area (Å²) < 4.78 is 13.6. The monoisotopic (exact) mass is 260 g/mol. The molecule has 0 saturated carbocycles. The Bertz CT molecular complexity index is 614. The van der Waals surface area contributed by atoms with Crippen LogP contribution in [0.4, 0.5) is 15.8 Å². The molecule has 1 amide bonds. The molecule has 0 aliphatic heterocycles. The summed E-state index contributed by atoms with van der Waals surface area (Å²) in [6, 6.07) is 10.6. The van der Waals surface area contributed by atoms with E-state index in [9.17, 15) is 9.18 Å². The van der Waals surface area contributed by atoms with Crippen molar-refractivity contribution >= 4 is 17.3 Å². The van der Waals surface area contributed by atoms with Gasteiger partial charge in [0.05, 0.1) is 12.2 Å². The molecule has 4 N–H and O–H groups in total. The number of rotatable bonds is 3. The Morgan fingerprint density at radius 3 is 2.68 bits per heavy atom. The van der Waals surface area contributed by atoms with Crippen LogP contribution in [0.2, 0.25) is 0 Å². The molecule has 5 heteroatoms. The first kappa shape index (κ1) is 13.0. The molecule has 0 saturated heterocycles. The fourth-order valence-corrected chi connectivity index (χ4v) is 1.69. The highest BCUT2D eigenvalue weighted by Crippen LogP contribution is 2.18. The third-order valence-corrected chi connectivity index (χ3v) is 2.67. The lowest BCUT2D eigenvalue weighted by atomic mass is 10.1. The maximum atomic E-state index is 13.6. The highest BCUT2D eigenvalue weighted by Gasteiger charge is 2.13. The number of para-hydroxylation sites is 1. The van der Waals surface area contributed by atoms with Gasteiger partial charge in [-0.15, -0.1) is 0 Å². The number of nitrogen functional groups attached to an aromatic ring is 1. The zero-order valence-electron chi connectivity index (χ0n) is 10.1. The number of nitrogens with one attached hydrogen (secondary N) is 1. The number of aliphatic hydroxyl groups is 1. The predicted octanol–water partition coefficient (Wildman–Crippen LogP) is 2.15. The van der Waals surface area contributed by atoms with Crippen LogP contribution in [0.5, 0.6) is 0 Å². The minimum Gasteiger partial charge on any atom is -0.399 e. The lowest BCUT2D eigenvalue weighted by molar-refractivity contribution is 0.102. The Kier molecular flexibility index (Phi) is 3.77. The van der Waals surface area contributed by atoms with Crippen LogP contribution in [0.3, 0.4) is 0 Å². The van der Waals surface area contributed by atoms with E-state index in [2.05, 4.69) is 5.32 Å². The summed E-state index contributed by atoms with van der Waals surface area (Å²) in [6.07, 6.45) is 0. The average Bonchev–Trinajstić information content (AvgIpc) is 2.39. The van der Waals surface area contributed by atoms with Gasteiger partial charge in [0.2, 0.25) is 0 Å². The molecule has 0 aliphatic rings. The van der Waals surface area contributed by atoms with Crippen molar-refractivity contribution in [3.8, 4) is 0 Å². The van der Waals surface area contributed by atoms with E-state index in [1.807, 2.05) is 0 Å². The molecule has 0 unspecified atom stereocenters. The highest BCUT2D eigenvalue weighted by molar-refractivity contribution is 6.05. The number of amides is 1. The first-order valence-electron chi connectivity index (χ1n) is 5.67. The van der Waals surface area contributed by atoms with Gasteiger partial charge in [0.15, 0.2) is 0 Å². The maximum absolute atomic E-state index is 13.6. The molecular formula is C14H13FN2O2. The van der Waals surface area contributed by atoms with E-state index < -0.39 is 11.7 Å². The van der Waals surface area contributed by atoms with Crippen LogP contribution in [-0.4, -0.2) is 11.0 Å². The van der Waals surface area contributed by atoms with E-state index in [1.165, 1.54) is 12.1 Å². The van der Waals surface area contributed by atoms with Gasteiger partial charge in [-0.3, -0.25) is 4.79 Å². The fraction of sp³-hybridized carbons (Fsp3) is 0.0714. The first-order chi connectivity index (χ1) is 9.11. The van der Waals surface area contributed by atoms with Gasteiger partial charge >= 0.3 is 0 Å². The molecule has 0 radical (unpaired) electrons. The van der Waals surface area contributed by atoms with Crippen molar-refractivity contribution in [2.24, 2.45) is 0 Å². The third kappa shape index (κ3) is 2.89. The largest absolute Gasteiger partial charge is 0.399 e. The Morgan fingerprint density at radius 1 is 1.26 bits per heavy atom. The van der Waals surface area contributed by atoms with E-state index in [1.54, 1.807) is 24.3 Å². The molecule has 4 nitrogen and oxygen atoms in total. The molecule has 0 atom stereocenters. The van der Waals surface area contributed by atoms with Crippen LogP contribution >= 0.6 is 0 Å². The minimum atomic E-state index is -0.682. The van der Waals surface area contributed by atoms with Crippen LogP contribution < -0.4 is 11.1 Å². The molecule has 0 aliphatic carbocycles. The zero-order valence-corrected chi connectivity index (χ0v) is 10.1. The number of benzene rings is 2. The molecule has 0 spiro atoms. The smallest absolute Gasteiger partial charge is 0.258 e. The van der Waals surface area contributed by atoms with E-state index in [0.717, 1.165) is 6.07 Å². The maximum Gasteiger partial charge on any atom is 0.258 e. The summed E-state index contributed by atoms with van der Waals surface area (Å²) in [5, 5.41) is 11.7. The normalized spacial score (nSPS) is 10.2. The van der Waals surface area contributed by atoms with Crippen LogP contribution in [-0.2, 0) is 6.61 Å². The summed E-state index contributed by atoms with van der Waals surface area (Å²) in [4.78, 5) is 11.9. The quantitative estimate of drug-likeness (QED) is 0.740. The van der Waals surface area contributed by atoms with Crippen molar-refractivity contribution in [1.82, 2.24) is 0 Å². The number of hydrogen-bond acceptors (Lipinski definition) is 3. The topological polar surface area (TPSA) is 75.4 Å². The van der Waals surface area contributed by atoms with Crippen LogP contribution in [0.25, 0.3) is 0 Å². The molecule has 2 rings (SSSR count). The van der Waals surface area contributed by atoms with Crippen molar-refractivity contribution < 1.29 is 14.3 Å². The van der Waals surface area contributed by atoms with E-state index >= 15 is 0 Å². The molecule has 0 bridgehead atoms. The first-order valence-corrected chi connectivity index (χ1v) is 5.67.